The van der Waals surface area contributed by atoms with E-state index in [0.29, 0.717) is 0 Å². The molecule has 0 aliphatic rings. The highest BCUT2D eigenvalue weighted by atomic mass is 35.5. The van der Waals surface area contributed by atoms with E-state index in [1.54, 1.807) is 0 Å². The van der Waals surface area contributed by atoms with Crippen molar-refractivity contribution in [2.45, 2.75) is 0 Å². The molecule has 0 unspecified atom stereocenters. The molecule has 1 N–H and O–H groups in total. The Balaban J connectivity index is 3.17. The average molecular weight is 148 g/mol. The number of rotatable bonds is 0. The molecule has 0 aliphatic heterocycles. The van der Waals surface area contributed by atoms with Crippen molar-refractivity contribution in [3.63, 3.8) is 0 Å². The Morgan fingerprint density at radius 1 is 1.67 bits per heavy atom. The Kier molecular flexibility index (Phi) is 1.53. The molecule has 0 amide bonds. The molecule has 0 saturated heterocycles. The van der Waals surface area contributed by atoms with Gasteiger partial charge in [0.25, 0.3) is 0 Å². The van der Waals surface area contributed by atoms with Gasteiger partial charge in [0.1, 0.15) is 5.75 Å². The third-order valence-corrected chi connectivity index (χ3v) is 1.05. The number of halogens is 2. The number of aromatic hydroxyl groups is 1. The first-order valence-corrected chi connectivity index (χ1v) is 2.58. The van der Waals surface area contributed by atoms with Crippen molar-refractivity contribution in [3.8, 4) is 5.75 Å². The van der Waals surface area contributed by atoms with E-state index in [9.17, 15) is 4.39 Å². The van der Waals surface area contributed by atoms with Crippen LogP contribution in [-0.2, 0) is 0 Å². The van der Waals surface area contributed by atoms with Crippen LogP contribution >= 0.6 is 11.6 Å². The zero-order chi connectivity index (χ0) is 6.85. The third kappa shape index (κ3) is 1.29. The summed E-state index contributed by atoms with van der Waals surface area (Å²) in [7, 11) is 0. The topological polar surface area (TPSA) is 33.1 Å². The lowest BCUT2D eigenvalue weighted by atomic mass is 10.5. The van der Waals surface area contributed by atoms with Gasteiger partial charge in [0.15, 0.2) is 0 Å². The summed E-state index contributed by atoms with van der Waals surface area (Å²) in [5.41, 5.74) is 0. The van der Waals surface area contributed by atoms with Crippen molar-refractivity contribution in [2.24, 2.45) is 0 Å². The van der Waals surface area contributed by atoms with Crippen LogP contribution in [0, 0.1) is 5.95 Å². The smallest absolute Gasteiger partial charge is 0.231 e. The van der Waals surface area contributed by atoms with Gasteiger partial charge in [0.2, 0.25) is 5.95 Å². The van der Waals surface area contributed by atoms with Crippen molar-refractivity contribution in [3.05, 3.63) is 23.2 Å². The van der Waals surface area contributed by atoms with Gasteiger partial charge < -0.3 is 5.11 Å². The second-order valence-corrected chi connectivity index (χ2v) is 1.87. The number of pyridine rings is 1. The quantitative estimate of drug-likeness (QED) is 0.566. The van der Waals surface area contributed by atoms with E-state index < -0.39 is 5.95 Å². The minimum absolute atomic E-state index is 0.138. The molecule has 0 aliphatic carbocycles. The lowest BCUT2D eigenvalue weighted by Crippen LogP contribution is -1.80. The fourth-order valence-corrected chi connectivity index (χ4v) is 0.572. The minimum Gasteiger partial charge on any atom is -0.506 e. The SMILES string of the molecule is Oc1cnc(F)c(Cl)c1. The molecule has 0 saturated carbocycles. The van der Waals surface area contributed by atoms with E-state index in [2.05, 4.69) is 4.98 Å². The summed E-state index contributed by atoms with van der Waals surface area (Å²) in [6.45, 7) is 0. The summed E-state index contributed by atoms with van der Waals surface area (Å²) in [6, 6.07) is 1.09. The maximum atomic E-state index is 12.1. The van der Waals surface area contributed by atoms with Crippen LogP contribution in [0.3, 0.4) is 0 Å². The zero-order valence-corrected chi connectivity index (χ0v) is 5.06. The number of aromatic nitrogens is 1. The van der Waals surface area contributed by atoms with Gasteiger partial charge >= 0.3 is 0 Å². The molecule has 0 fully saturated rings. The first kappa shape index (κ1) is 6.29. The standard InChI is InChI=1S/C5H3ClFNO/c6-4-1-3(9)2-8-5(4)7/h1-2,9H. The summed E-state index contributed by atoms with van der Waals surface area (Å²) in [5, 5.41) is 8.45. The summed E-state index contributed by atoms with van der Waals surface area (Å²) in [5.74, 6) is -0.907. The van der Waals surface area contributed by atoms with Gasteiger partial charge in [-0.25, -0.2) is 4.98 Å². The second-order valence-electron chi connectivity index (χ2n) is 1.47. The maximum absolute atomic E-state index is 12.1. The highest BCUT2D eigenvalue weighted by Gasteiger charge is 1.98. The normalized spacial score (nSPS) is 9.56. The van der Waals surface area contributed by atoms with Gasteiger partial charge in [-0.15, -0.1) is 0 Å². The Hall–Kier alpha value is -0.830. The van der Waals surface area contributed by atoms with E-state index >= 15 is 0 Å². The van der Waals surface area contributed by atoms with Crippen LogP contribution in [0.2, 0.25) is 5.02 Å². The molecular weight excluding hydrogens is 145 g/mol. The Bertz CT molecular complexity index is 228. The van der Waals surface area contributed by atoms with Crippen LogP contribution in [0.1, 0.15) is 0 Å². The fourth-order valence-electron chi connectivity index (χ4n) is 0.411. The average Bonchev–Trinajstić information content (AvgIpc) is 1.80. The number of hydrogen-bond donors (Lipinski definition) is 1. The Labute approximate surface area is 55.9 Å². The van der Waals surface area contributed by atoms with E-state index in [-0.39, 0.29) is 10.8 Å². The molecule has 1 aromatic heterocycles. The molecule has 4 heteroatoms. The lowest BCUT2D eigenvalue weighted by Gasteiger charge is -1.91. The van der Waals surface area contributed by atoms with Crippen LogP contribution < -0.4 is 0 Å². The van der Waals surface area contributed by atoms with Gasteiger partial charge in [-0.1, -0.05) is 11.6 Å². The largest absolute Gasteiger partial charge is 0.506 e. The molecule has 0 aromatic carbocycles. The Morgan fingerprint density at radius 3 is 2.78 bits per heavy atom. The van der Waals surface area contributed by atoms with Crippen LogP contribution in [0.5, 0.6) is 5.75 Å². The summed E-state index contributed by atoms with van der Waals surface area (Å²) in [4.78, 5) is 3.13. The first-order chi connectivity index (χ1) is 4.20. The number of hydrogen-bond acceptors (Lipinski definition) is 2. The molecular formula is C5H3ClFNO. The molecule has 0 radical (unpaired) electrons. The third-order valence-electron chi connectivity index (χ3n) is 0.782. The summed E-state index contributed by atoms with van der Waals surface area (Å²) in [6.07, 6.45) is 0.987. The molecule has 1 heterocycles. The van der Waals surface area contributed by atoms with Gasteiger partial charge in [0.05, 0.1) is 11.2 Å². The van der Waals surface area contributed by atoms with Crippen LogP contribution in [0.25, 0.3) is 0 Å². The van der Waals surface area contributed by atoms with Crippen LogP contribution in [0.15, 0.2) is 12.3 Å². The molecule has 1 aromatic rings. The second kappa shape index (κ2) is 2.19. The highest BCUT2D eigenvalue weighted by Crippen LogP contribution is 2.16. The van der Waals surface area contributed by atoms with Gasteiger partial charge in [-0.05, 0) is 0 Å². The van der Waals surface area contributed by atoms with E-state index in [4.69, 9.17) is 16.7 Å². The Morgan fingerprint density at radius 2 is 2.33 bits per heavy atom. The summed E-state index contributed by atoms with van der Waals surface area (Å²) >= 11 is 5.22. The van der Waals surface area contributed by atoms with Crippen molar-refractivity contribution in [1.29, 1.82) is 0 Å². The van der Waals surface area contributed by atoms with Gasteiger partial charge in [-0.3, -0.25) is 0 Å². The maximum Gasteiger partial charge on any atom is 0.231 e. The van der Waals surface area contributed by atoms with E-state index in [1.165, 1.54) is 0 Å². The predicted molar refractivity (Wildman–Crippen MR) is 30.9 cm³/mol. The minimum atomic E-state index is -0.769. The first-order valence-electron chi connectivity index (χ1n) is 2.20. The molecule has 9 heavy (non-hydrogen) atoms. The molecule has 1 rings (SSSR count). The zero-order valence-electron chi connectivity index (χ0n) is 4.31. The van der Waals surface area contributed by atoms with E-state index in [1.807, 2.05) is 0 Å². The van der Waals surface area contributed by atoms with Crippen molar-refractivity contribution >= 4 is 11.6 Å². The molecule has 0 atom stereocenters. The lowest BCUT2D eigenvalue weighted by molar-refractivity contribution is 0.467. The van der Waals surface area contributed by atoms with Gasteiger partial charge in [-0.2, -0.15) is 4.39 Å². The van der Waals surface area contributed by atoms with Crippen molar-refractivity contribution in [2.75, 3.05) is 0 Å². The van der Waals surface area contributed by atoms with Crippen molar-refractivity contribution < 1.29 is 9.50 Å². The number of nitrogens with zero attached hydrogens (tertiary/aromatic N) is 1. The fraction of sp³-hybridized carbons (Fsp3) is 0. The van der Waals surface area contributed by atoms with Crippen LogP contribution in [0.4, 0.5) is 4.39 Å². The highest BCUT2D eigenvalue weighted by molar-refractivity contribution is 6.30. The summed E-state index contributed by atoms with van der Waals surface area (Å²) < 4.78 is 12.1. The van der Waals surface area contributed by atoms with Gasteiger partial charge in [0, 0.05) is 6.07 Å². The molecule has 0 spiro atoms. The van der Waals surface area contributed by atoms with Crippen molar-refractivity contribution in [1.82, 2.24) is 4.98 Å². The van der Waals surface area contributed by atoms with Crippen LogP contribution in [-0.4, -0.2) is 10.1 Å². The molecule has 2 nitrogen and oxygen atoms in total. The monoisotopic (exact) mass is 147 g/mol. The molecule has 0 bridgehead atoms. The van der Waals surface area contributed by atoms with E-state index in [0.717, 1.165) is 12.3 Å². The molecule has 48 valence electrons. The predicted octanol–water partition coefficient (Wildman–Crippen LogP) is 1.58.